The van der Waals surface area contributed by atoms with Crippen molar-refractivity contribution in [2.24, 2.45) is 5.10 Å². The molecular weight excluding hydrogens is 302 g/mol. The van der Waals surface area contributed by atoms with Crippen molar-refractivity contribution in [3.05, 3.63) is 35.4 Å². The number of ether oxygens (including phenoxy) is 1. The Labute approximate surface area is 144 Å². The summed E-state index contributed by atoms with van der Waals surface area (Å²) in [6.45, 7) is 4.47. The van der Waals surface area contributed by atoms with Crippen LogP contribution in [0.5, 0.6) is 0 Å². The lowest BCUT2D eigenvalue weighted by atomic mass is 10.1. The Bertz CT molecular complexity index is 552. The average Bonchev–Trinajstić information content (AvgIpc) is 2.90. The number of amides is 1. The molecule has 1 heterocycles. The van der Waals surface area contributed by atoms with E-state index in [1.807, 2.05) is 24.3 Å². The molecule has 1 aromatic rings. The minimum absolute atomic E-state index is 0.121. The molecule has 2 aliphatic rings. The van der Waals surface area contributed by atoms with E-state index in [4.69, 9.17) is 4.74 Å². The SMILES string of the molecule is O=C(NN=C1CCCCCC1)c1ccc(CN2CCOCC2)cc1. The summed E-state index contributed by atoms with van der Waals surface area (Å²) in [7, 11) is 0. The van der Waals surface area contributed by atoms with Crippen LogP contribution in [0, 0.1) is 0 Å². The standard InChI is InChI=1S/C19H27N3O2/c23-19(21-20-18-5-3-1-2-4-6-18)17-9-7-16(8-10-17)15-22-11-13-24-14-12-22/h7-10H,1-6,11-15H2,(H,21,23). The number of hydrogen-bond donors (Lipinski definition) is 1. The van der Waals surface area contributed by atoms with E-state index in [1.165, 1.54) is 31.2 Å². The maximum absolute atomic E-state index is 12.2. The third-order valence-electron chi connectivity index (χ3n) is 4.72. The molecule has 24 heavy (non-hydrogen) atoms. The summed E-state index contributed by atoms with van der Waals surface area (Å²) in [6, 6.07) is 7.84. The highest BCUT2D eigenvalue weighted by molar-refractivity contribution is 5.95. The lowest BCUT2D eigenvalue weighted by Gasteiger charge is -2.26. The molecule has 1 aliphatic heterocycles. The van der Waals surface area contributed by atoms with Gasteiger partial charge in [0.05, 0.1) is 13.2 Å². The first-order chi connectivity index (χ1) is 11.8. The van der Waals surface area contributed by atoms with E-state index in [0.29, 0.717) is 5.56 Å². The van der Waals surface area contributed by atoms with Crippen LogP contribution in [0.2, 0.25) is 0 Å². The molecule has 5 nitrogen and oxygen atoms in total. The highest BCUT2D eigenvalue weighted by Gasteiger charge is 2.12. The molecule has 0 radical (unpaired) electrons. The maximum atomic E-state index is 12.2. The largest absolute Gasteiger partial charge is 0.379 e. The van der Waals surface area contributed by atoms with E-state index in [9.17, 15) is 4.79 Å². The zero-order valence-corrected chi connectivity index (χ0v) is 14.3. The normalized spacial score (nSPS) is 19.6. The second-order valence-electron chi connectivity index (χ2n) is 6.62. The van der Waals surface area contributed by atoms with Crippen LogP contribution in [0.15, 0.2) is 29.4 Å². The molecule has 1 amide bonds. The summed E-state index contributed by atoms with van der Waals surface area (Å²) in [4.78, 5) is 14.6. The van der Waals surface area contributed by atoms with E-state index < -0.39 is 0 Å². The quantitative estimate of drug-likeness (QED) is 0.682. The van der Waals surface area contributed by atoms with Crippen LogP contribution in [-0.4, -0.2) is 42.8 Å². The zero-order valence-electron chi connectivity index (χ0n) is 14.3. The van der Waals surface area contributed by atoms with Crippen molar-refractivity contribution in [3.8, 4) is 0 Å². The van der Waals surface area contributed by atoms with Crippen LogP contribution in [0.25, 0.3) is 0 Å². The Hall–Kier alpha value is -1.72. The summed E-state index contributed by atoms with van der Waals surface area (Å²) in [5, 5.41) is 4.33. The third-order valence-corrected chi connectivity index (χ3v) is 4.72. The van der Waals surface area contributed by atoms with Crippen LogP contribution in [0.3, 0.4) is 0 Å². The zero-order chi connectivity index (χ0) is 16.6. The van der Waals surface area contributed by atoms with Crippen LogP contribution in [-0.2, 0) is 11.3 Å². The molecular formula is C19H27N3O2. The van der Waals surface area contributed by atoms with Crippen LogP contribution < -0.4 is 5.43 Å². The summed E-state index contributed by atoms with van der Waals surface area (Å²) in [5.74, 6) is -0.121. The van der Waals surface area contributed by atoms with Crippen molar-refractivity contribution in [2.45, 2.75) is 45.1 Å². The third kappa shape index (κ3) is 5.14. The minimum atomic E-state index is -0.121. The smallest absolute Gasteiger partial charge is 0.271 e. The number of morpholine rings is 1. The highest BCUT2D eigenvalue weighted by atomic mass is 16.5. The Morgan fingerprint density at radius 1 is 1.04 bits per heavy atom. The number of hydrazone groups is 1. The molecule has 130 valence electrons. The van der Waals surface area contributed by atoms with Gasteiger partial charge in [0.25, 0.3) is 5.91 Å². The number of benzene rings is 1. The molecule has 1 saturated carbocycles. The van der Waals surface area contributed by atoms with Gasteiger partial charge in [-0.3, -0.25) is 9.69 Å². The lowest BCUT2D eigenvalue weighted by Crippen LogP contribution is -2.35. The molecule has 1 aliphatic carbocycles. The van der Waals surface area contributed by atoms with Crippen LogP contribution in [0.4, 0.5) is 0 Å². The van der Waals surface area contributed by atoms with Gasteiger partial charge in [0, 0.05) is 30.9 Å². The number of nitrogens with one attached hydrogen (secondary N) is 1. The predicted molar refractivity (Wildman–Crippen MR) is 95.1 cm³/mol. The molecule has 0 spiro atoms. The van der Waals surface area contributed by atoms with Crippen molar-refractivity contribution >= 4 is 11.6 Å². The van der Waals surface area contributed by atoms with E-state index >= 15 is 0 Å². The van der Waals surface area contributed by atoms with Crippen molar-refractivity contribution < 1.29 is 9.53 Å². The first kappa shape index (κ1) is 17.1. The molecule has 5 heteroatoms. The molecule has 1 N–H and O–H groups in total. The van der Waals surface area contributed by atoms with Crippen LogP contribution in [0.1, 0.15) is 54.4 Å². The Balaban J connectivity index is 1.52. The Kier molecular flexibility index (Phi) is 6.38. The number of carbonyl (C=O) groups is 1. The first-order valence-corrected chi connectivity index (χ1v) is 9.06. The van der Waals surface area contributed by atoms with Gasteiger partial charge in [-0.2, -0.15) is 5.10 Å². The predicted octanol–water partition coefficient (Wildman–Crippen LogP) is 2.96. The fourth-order valence-corrected chi connectivity index (χ4v) is 3.22. The van der Waals surface area contributed by atoms with Gasteiger partial charge in [-0.15, -0.1) is 0 Å². The van der Waals surface area contributed by atoms with Gasteiger partial charge in [-0.25, -0.2) is 5.43 Å². The first-order valence-electron chi connectivity index (χ1n) is 9.06. The molecule has 0 atom stereocenters. The molecule has 0 bridgehead atoms. The van der Waals surface area contributed by atoms with Gasteiger partial charge in [-0.05, 0) is 43.4 Å². The van der Waals surface area contributed by atoms with Crippen molar-refractivity contribution in [1.82, 2.24) is 10.3 Å². The Morgan fingerprint density at radius 3 is 2.38 bits per heavy atom. The van der Waals surface area contributed by atoms with Crippen molar-refractivity contribution in [1.29, 1.82) is 0 Å². The van der Waals surface area contributed by atoms with Crippen molar-refractivity contribution in [2.75, 3.05) is 26.3 Å². The van der Waals surface area contributed by atoms with Gasteiger partial charge in [-0.1, -0.05) is 25.0 Å². The number of nitrogens with zero attached hydrogens (tertiary/aromatic N) is 2. The van der Waals surface area contributed by atoms with E-state index in [0.717, 1.165) is 51.4 Å². The summed E-state index contributed by atoms with van der Waals surface area (Å²) in [6.07, 6.45) is 6.95. The molecule has 3 rings (SSSR count). The topological polar surface area (TPSA) is 53.9 Å². The number of hydrogen-bond acceptors (Lipinski definition) is 4. The second kappa shape index (κ2) is 8.94. The average molecular weight is 329 g/mol. The van der Waals surface area contributed by atoms with E-state index in [2.05, 4.69) is 15.4 Å². The van der Waals surface area contributed by atoms with Crippen LogP contribution >= 0.6 is 0 Å². The highest BCUT2D eigenvalue weighted by Crippen LogP contribution is 2.14. The molecule has 0 aromatic heterocycles. The van der Waals surface area contributed by atoms with E-state index in [-0.39, 0.29) is 5.91 Å². The fourth-order valence-electron chi connectivity index (χ4n) is 3.22. The van der Waals surface area contributed by atoms with E-state index in [1.54, 1.807) is 0 Å². The van der Waals surface area contributed by atoms with Gasteiger partial charge in [0.15, 0.2) is 0 Å². The molecule has 0 unspecified atom stereocenters. The number of rotatable bonds is 4. The summed E-state index contributed by atoms with van der Waals surface area (Å²) >= 11 is 0. The van der Waals surface area contributed by atoms with Gasteiger partial charge >= 0.3 is 0 Å². The van der Waals surface area contributed by atoms with Gasteiger partial charge < -0.3 is 4.74 Å². The summed E-state index contributed by atoms with van der Waals surface area (Å²) in [5.41, 5.74) is 5.74. The lowest BCUT2D eigenvalue weighted by molar-refractivity contribution is 0.0342. The maximum Gasteiger partial charge on any atom is 0.271 e. The molecule has 2 fully saturated rings. The number of carbonyl (C=O) groups excluding carboxylic acids is 1. The monoisotopic (exact) mass is 329 g/mol. The Morgan fingerprint density at radius 2 is 1.71 bits per heavy atom. The molecule has 1 saturated heterocycles. The summed E-state index contributed by atoms with van der Waals surface area (Å²) < 4.78 is 5.37. The van der Waals surface area contributed by atoms with Gasteiger partial charge in [0.1, 0.15) is 0 Å². The van der Waals surface area contributed by atoms with Crippen molar-refractivity contribution in [3.63, 3.8) is 0 Å². The second-order valence-corrected chi connectivity index (χ2v) is 6.62. The minimum Gasteiger partial charge on any atom is -0.379 e. The van der Waals surface area contributed by atoms with Gasteiger partial charge in [0.2, 0.25) is 0 Å². The fraction of sp³-hybridized carbons (Fsp3) is 0.579. The molecule has 1 aromatic carbocycles.